The molecule has 1 aromatic rings. The summed E-state index contributed by atoms with van der Waals surface area (Å²) >= 11 is 0. The van der Waals surface area contributed by atoms with Gasteiger partial charge in [-0.1, -0.05) is 39.0 Å². The van der Waals surface area contributed by atoms with Gasteiger partial charge in [0.1, 0.15) is 12.3 Å². The molecule has 124 valence electrons. The van der Waals surface area contributed by atoms with E-state index in [9.17, 15) is 4.79 Å². The third-order valence-electron chi connectivity index (χ3n) is 3.33. The van der Waals surface area contributed by atoms with Crippen LogP contribution in [0, 0.1) is 0 Å². The first-order valence-electron chi connectivity index (χ1n) is 8.14. The molecule has 1 aromatic heterocycles. The van der Waals surface area contributed by atoms with Crippen molar-refractivity contribution in [2.45, 2.75) is 51.9 Å². The molecule has 22 heavy (non-hydrogen) atoms. The van der Waals surface area contributed by atoms with E-state index in [1.807, 2.05) is 0 Å². The molecule has 1 amide bonds. The Morgan fingerprint density at radius 1 is 1.18 bits per heavy atom. The fraction of sp³-hybridized carbons (Fsp3) is 0.647. The van der Waals surface area contributed by atoms with Gasteiger partial charge in [-0.3, -0.25) is 4.79 Å². The highest BCUT2D eigenvalue weighted by molar-refractivity contribution is 5.91. The van der Waals surface area contributed by atoms with Crippen molar-refractivity contribution in [1.82, 2.24) is 4.98 Å². The van der Waals surface area contributed by atoms with Crippen molar-refractivity contribution < 1.29 is 14.3 Å². The highest BCUT2D eigenvalue weighted by atomic mass is 16.5. The SMILES string of the molecule is CCCCCCCCC(=O)Nc1cccnc1OCCOC. The Labute approximate surface area is 133 Å². The number of unbranched alkanes of at least 4 members (excludes halogenated alkanes) is 5. The standard InChI is InChI=1S/C17H28N2O3/c1-3-4-5-6-7-8-11-16(20)19-15-10-9-12-18-17(15)22-14-13-21-2/h9-10,12H,3-8,11,13-14H2,1-2H3,(H,19,20). The Kier molecular flexibility index (Phi) is 10.0. The Morgan fingerprint density at radius 3 is 2.73 bits per heavy atom. The van der Waals surface area contributed by atoms with Crippen molar-refractivity contribution in [1.29, 1.82) is 0 Å². The third-order valence-corrected chi connectivity index (χ3v) is 3.33. The highest BCUT2D eigenvalue weighted by Crippen LogP contribution is 2.21. The Hall–Kier alpha value is -1.62. The van der Waals surface area contributed by atoms with Crippen LogP contribution in [-0.4, -0.2) is 31.2 Å². The van der Waals surface area contributed by atoms with Crippen LogP contribution in [0.25, 0.3) is 0 Å². The van der Waals surface area contributed by atoms with Gasteiger partial charge in [-0.2, -0.15) is 0 Å². The van der Waals surface area contributed by atoms with Crippen molar-refractivity contribution >= 4 is 11.6 Å². The molecule has 0 unspecified atom stereocenters. The van der Waals surface area contributed by atoms with Crippen LogP contribution in [-0.2, 0) is 9.53 Å². The van der Waals surface area contributed by atoms with Crippen molar-refractivity contribution in [2.75, 3.05) is 25.6 Å². The Bertz CT molecular complexity index is 424. The van der Waals surface area contributed by atoms with Crippen molar-refractivity contribution in [2.24, 2.45) is 0 Å². The number of amides is 1. The van der Waals surface area contributed by atoms with E-state index >= 15 is 0 Å². The number of methoxy groups -OCH3 is 1. The van der Waals surface area contributed by atoms with Crippen LogP contribution in [0.3, 0.4) is 0 Å². The molecule has 0 atom stereocenters. The first-order chi connectivity index (χ1) is 10.8. The average Bonchev–Trinajstić information content (AvgIpc) is 2.52. The van der Waals surface area contributed by atoms with Gasteiger partial charge >= 0.3 is 0 Å². The van der Waals surface area contributed by atoms with E-state index in [2.05, 4.69) is 17.2 Å². The van der Waals surface area contributed by atoms with Gasteiger partial charge in [0.15, 0.2) is 0 Å². The lowest BCUT2D eigenvalue weighted by atomic mass is 10.1. The first kappa shape index (κ1) is 18.4. The van der Waals surface area contributed by atoms with Gasteiger partial charge in [0.2, 0.25) is 11.8 Å². The van der Waals surface area contributed by atoms with Crippen LogP contribution in [0.5, 0.6) is 5.88 Å². The number of carbonyl (C=O) groups is 1. The lowest BCUT2D eigenvalue weighted by Gasteiger charge is -2.11. The van der Waals surface area contributed by atoms with E-state index in [-0.39, 0.29) is 5.91 Å². The fourth-order valence-corrected chi connectivity index (χ4v) is 2.10. The highest BCUT2D eigenvalue weighted by Gasteiger charge is 2.08. The molecular formula is C17H28N2O3. The van der Waals surface area contributed by atoms with Crippen LogP contribution in [0.2, 0.25) is 0 Å². The van der Waals surface area contributed by atoms with E-state index in [0.29, 0.717) is 31.2 Å². The maximum atomic E-state index is 12.0. The van der Waals surface area contributed by atoms with Gasteiger partial charge in [-0.25, -0.2) is 4.98 Å². The number of aromatic nitrogens is 1. The predicted octanol–water partition coefficient (Wildman–Crippen LogP) is 3.80. The smallest absolute Gasteiger partial charge is 0.237 e. The van der Waals surface area contributed by atoms with Gasteiger partial charge in [0.25, 0.3) is 0 Å². The number of pyridine rings is 1. The quantitative estimate of drug-likeness (QED) is 0.597. The van der Waals surface area contributed by atoms with Crippen LogP contribution in [0.15, 0.2) is 18.3 Å². The lowest BCUT2D eigenvalue weighted by molar-refractivity contribution is -0.116. The molecule has 0 aromatic carbocycles. The molecule has 0 spiro atoms. The summed E-state index contributed by atoms with van der Waals surface area (Å²) in [4.78, 5) is 16.1. The van der Waals surface area contributed by atoms with Crippen molar-refractivity contribution in [3.63, 3.8) is 0 Å². The summed E-state index contributed by atoms with van der Waals surface area (Å²) in [7, 11) is 1.62. The summed E-state index contributed by atoms with van der Waals surface area (Å²) in [6.45, 7) is 3.10. The second-order valence-corrected chi connectivity index (χ2v) is 5.26. The molecule has 0 radical (unpaired) electrons. The Morgan fingerprint density at radius 2 is 1.95 bits per heavy atom. The number of carbonyl (C=O) groups excluding carboxylic acids is 1. The minimum Gasteiger partial charge on any atom is -0.474 e. The van der Waals surface area contributed by atoms with Crippen LogP contribution < -0.4 is 10.1 Å². The zero-order valence-corrected chi connectivity index (χ0v) is 13.8. The zero-order valence-electron chi connectivity index (χ0n) is 13.8. The fourth-order valence-electron chi connectivity index (χ4n) is 2.10. The molecule has 0 aliphatic heterocycles. The van der Waals surface area contributed by atoms with E-state index in [1.54, 1.807) is 25.4 Å². The average molecular weight is 308 g/mol. The van der Waals surface area contributed by atoms with E-state index in [1.165, 1.54) is 25.7 Å². The molecule has 1 N–H and O–H groups in total. The molecule has 0 saturated heterocycles. The lowest BCUT2D eigenvalue weighted by Crippen LogP contribution is -2.14. The zero-order chi connectivity index (χ0) is 16.0. The Balaban J connectivity index is 2.31. The van der Waals surface area contributed by atoms with Gasteiger partial charge in [-0.05, 0) is 18.6 Å². The van der Waals surface area contributed by atoms with Crippen molar-refractivity contribution in [3.8, 4) is 5.88 Å². The molecule has 0 aliphatic carbocycles. The van der Waals surface area contributed by atoms with Gasteiger partial charge in [-0.15, -0.1) is 0 Å². The summed E-state index contributed by atoms with van der Waals surface area (Å²) in [5, 5.41) is 2.87. The predicted molar refractivity (Wildman–Crippen MR) is 88.2 cm³/mol. The first-order valence-corrected chi connectivity index (χ1v) is 8.14. The number of ether oxygens (including phenoxy) is 2. The second-order valence-electron chi connectivity index (χ2n) is 5.26. The molecule has 0 saturated carbocycles. The summed E-state index contributed by atoms with van der Waals surface area (Å²) in [5.41, 5.74) is 0.620. The number of nitrogens with zero attached hydrogens (tertiary/aromatic N) is 1. The topological polar surface area (TPSA) is 60.5 Å². The number of hydrogen-bond donors (Lipinski definition) is 1. The summed E-state index contributed by atoms with van der Waals surface area (Å²) in [6, 6.07) is 3.58. The normalized spacial score (nSPS) is 10.5. The van der Waals surface area contributed by atoms with Crippen molar-refractivity contribution in [3.05, 3.63) is 18.3 Å². The summed E-state index contributed by atoms with van der Waals surface area (Å²) < 4.78 is 10.4. The molecule has 0 fully saturated rings. The molecule has 1 rings (SSSR count). The third kappa shape index (κ3) is 7.98. The molecule has 1 heterocycles. The van der Waals surface area contributed by atoms with E-state index in [4.69, 9.17) is 9.47 Å². The van der Waals surface area contributed by atoms with Crippen LogP contribution >= 0.6 is 0 Å². The van der Waals surface area contributed by atoms with Gasteiger partial charge in [0.05, 0.1) is 6.61 Å². The van der Waals surface area contributed by atoms with E-state index in [0.717, 1.165) is 12.8 Å². The molecule has 5 heteroatoms. The number of nitrogens with one attached hydrogen (secondary N) is 1. The summed E-state index contributed by atoms with van der Waals surface area (Å²) in [5.74, 6) is 0.455. The maximum Gasteiger partial charge on any atom is 0.237 e. The van der Waals surface area contributed by atoms with Crippen LogP contribution in [0.1, 0.15) is 51.9 Å². The molecule has 5 nitrogen and oxygen atoms in total. The monoisotopic (exact) mass is 308 g/mol. The number of anilines is 1. The molecule has 0 aliphatic rings. The molecule has 0 bridgehead atoms. The number of rotatable bonds is 12. The second kappa shape index (κ2) is 12.0. The van der Waals surface area contributed by atoms with Gasteiger partial charge in [0, 0.05) is 19.7 Å². The summed E-state index contributed by atoms with van der Waals surface area (Å²) in [6.07, 6.45) is 9.21. The molecular weight excluding hydrogens is 280 g/mol. The maximum absolute atomic E-state index is 12.0. The van der Waals surface area contributed by atoms with E-state index < -0.39 is 0 Å². The minimum atomic E-state index is 0.0140. The van der Waals surface area contributed by atoms with Crippen LogP contribution in [0.4, 0.5) is 5.69 Å². The minimum absolute atomic E-state index is 0.0140. The van der Waals surface area contributed by atoms with Gasteiger partial charge < -0.3 is 14.8 Å². The largest absolute Gasteiger partial charge is 0.474 e. The number of hydrogen-bond acceptors (Lipinski definition) is 4.